The van der Waals surface area contributed by atoms with Crippen LogP contribution in [0.1, 0.15) is 43.7 Å². The van der Waals surface area contributed by atoms with Crippen LogP contribution in [0.4, 0.5) is 14.6 Å². The Balaban J connectivity index is 1.50. The summed E-state index contributed by atoms with van der Waals surface area (Å²) in [6.07, 6.45) is -1.69. The van der Waals surface area contributed by atoms with E-state index in [0.29, 0.717) is 22.9 Å². The molecule has 5 rings (SSSR count). The molecule has 12 nitrogen and oxygen atoms in total. The van der Waals surface area contributed by atoms with Crippen molar-refractivity contribution < 1.29 is 28.8 Å². The SMILES string of the molecule is CCCSc1nc(N(N=O)[C@@H]2C[C@H]2c2ccc(F)c(F)c2)c2nnn([C@@H]3C[C@H](OCCO)[C@@H](O)[C@H]3O)c2n1. The van der Waals surface area contributed by atoms with Gasteiger partial charge in [0.15, 0.2) is 33.8 Å². The topological polar surface area (TPSA) is 159 Å². The van der Waals surface area contributed by atoms with Crippen LogP contribution in [-0.2, 0) is 4.74 Å². The zero-order valence-corrected chi connectivity index (χ0v) is 21.2. The molecule has 2 heterocycles. The van der Waals surface area contributed by atoms with Crippen LogP contribution in [0.3, 0.4) is 0 Å². The van der Waals surface area contributed by atoms with E-state index in [0.717, 1.165) is 23.6 Å². The fourth-order valence-electron chi connectivity index (χ4n) is 4.83. The van der Waals surface area contributed by atoms with E-state index in [1.165, 1.54) is 22.5 Å². The van der Waals surface area contributed by atoms with Gasteiger partial charge in [0, 0.05) is 18.1 Å². The number of fused-ring (bicyclic) bond motifs is 1. The highest BCUT2D eigenvalue weighted by Crippen LogP contribution is 2.47. The van der Waals surface area contributed by atoms with Crippen molar-refractivity contribution in [3.63, 3.8) is 0 Å². The van der Waals surface area contributed by atoms with Gasteiger partial charge in [-0.1, -0.05) is 30.0 Å². The Kier molecular flexibility index (Phi) is 7.81. The molecule has 3 N–H and O–H groups in total. The van der Waals surface area contributed by atoms with Crippen LogP contribution in [0, 0.1) is 16.5 Å². The van der Waals surface area contributed by atoms with Crippen molar-refractivity contribution in [3.05, 3.63) is 40.3 Å². The van der Waals surface area contributed by atoms with Crippen LogP contribution in [0.2, 0.25) is 0 Å². The summed E-state index contributed by atoms with van der Waals surface area (Å²) in [6, 6.07) is 2.44. The van der Waals surface area contributed by atoms with E-state index in [9.17, 15) is 23.9 Å². The van der Waals surface area contributed by atoms with Crippen molar-refractivity contribution in [1.82, 2.24) is 25.0 Å². The number of nitroso groups, excluding NO2 is 1. The average Bonchev–Trinajstić information content (AvgIpc) is 3.50. The molecule has 3 aromatic rings. The normalized spacial score (nSPS) is 26.7. The number of aliphatic hydroxyl groups excluding tert-OH is 3. The van der Waals surface area contributed by atoms with Gasteiger partial charge in [-0.25, -0.2) is 28.4 Å². The lowest BCUT2D eigenvalue weighted by Gasteiger charge is -2.18. The number of aliphatic hydroxyl groups is 3. The number of thioether (sulfide) groups is 1. The maximum absolute atomic E-state index is 13.8. The molecule has 0 amide bonds. The third-order valence-corrected chi connectivity index (χ3v) is 7.86. The van der Waals surface area contributed by atoms with Crippen LogP contribution < -0.4 is 5.01 Å². The summed E-state index contributed by atoms with van der Waals surface area (Å²) >= 11 is 1.36. The number of ether oxygens (including phenoxy) is 1. The van der Waals surface area contributed by atoms with Crippen molar-refractivity contribution in [2.75, 3.05) is 24.0 Å². The molecule has 0 unspecified atom stereocenters. The predicted molar refractivity (Wildman–Crippen MR) is 132 cm³/mol. The first kappa shape index (κ1) is 26.7. The van der Waals surface area contributed by atoms with Crippen LogP contribution in [0.15, 0.2) is 28.6 Å². The zero-order chi connectivity index (χ0) is 27.0. The second kappa shape index (κ2) is 11.1. The van der Waals surface area contributed by atoms with Gasteiger partial charge in [0.25, 0.3) is 0 Å². The van der Waals surface area contributed by atoms with Gasteiger partial charge in [-0.05, 0) is 30.5 Å². The zero-order valence-electron chi connectivity index (χ0n) is 20.4. The van der Waals surface area contributed by atoms with Gasteiger partial charge in [-0.15, -0.1) is 10.0 Å². The van der Waals surface area contributed by atoms with Crippen LogP contribution >= 0.6 is 11.8 Å². The molecule has 204 valence electrons. The Morgan fingerprint density at radius 2 is 2.03 bits per heavy atom. The lowest BCUT2D eigenvalue weighted by atomic mass is 10.1. The van der Waals surface area contributed by atoms with E-state index in [1.54, 1.807) is 0 Å². The third-order valence-electron chi connectivity index (χ3n) is 6.80. The Bertz CT molecular complexity index is 1320. The molecule has 38 heavy (non-hydrogen) atoms. The molecule has 2 aliphatic carbocycles. The number of rotatable bonds is 11. The van der Waals surface area contributed by atoms with E-state index < -0.39 is 42.0 Å². The second-order valence-corrected chi connectivity index (χ2v) is 10.4. The number of halogens is 2. The van der Waals surface area contributed by atoms with E-state index >= 15 is 0 Å². The first-order valence-corrected chi connectivity index (χ1v) is 13.3. The predicted octanol–water partition coefficient (Wildman–Crippen LogP) is 2.09. The fraction of sp³-hybridized carbons (Fsp3) is 0.565. The van der Waals surface area contributed by atoms with Crippen molar-refractivity contribution in [2.24, 2.45) is 5.29 Å². The van der Waals surface area contributed by atoms with Gasteiger partial charge in [0.05, 0.1) is 36.7 Å². The van der Waals surface area contributed by atoms with E-state index in [1.807, 2.05) is 6.92 Å². The van der Waals surface area contributed by atoms with Crippen molar-refractivity contribution in [1.29, 1.82) is 0 Å². The molecule has 6 atom stereocenters. The van der Waals surface area contributed by atoms with Gasteiger partial charge in [-0.2, -0.15) is 0 Å². The summed E-state index contributed by atoms with van der Waals surface area (Å²) < 4.78 is 34.1. The summed E-state index contributed by atoms with van der Waals surface area (Å²) in [5.41, 5.74) is 0.947. The summed E-state index contributed by atoms with van der Waals surface area (Å²) in [6.45, 7) is 1.77. The standard InChI is InChI=1S/C23H27F2N7O5S/c1-2-7-38-23-26-21-18(28-29-31(21)16-10-17(37-6-5-33)20(35)19(16)34)22(27-23)32(30-36)15-9-12(15)11-3-4-13(24)14(25)8-11/h3-4,8,12,15-17,19-20,33-35H,2,5-7,9-10H2,1H3/t12-,15+,16+,17-,19-,20+/m0/s1. The highest BCUT2D eigenvalue weighted by Gasteiger charge is 2.47. The number of hydrogen-bond acceptors (Lipinski definition) is 11. The largest absolute Gasteiger partial charge is 0.394 e. The van der Waals surface area contributed by atoms with Crippen LogP contribution in [0.25, 0.3) is 11.2 Å². The van der Waals surface area contributed by atoms with Gasteiger partial charge in [0.1, 0.15) is 12.2 Å². The lowest BCUT2D eigenvalue weighted by Crippen LogP contribution is -2.33. The minimum absolute atomic E-state index is 0.00384. The van der Waals surface area contributed by atoms with Gasteiger partial charge < -0.3 is 20.1 Å². The smallest absolute Gasteiger partial charge is 0.191 e. The third kappa shape index (κ3) is 4.96. The van der Waals surface area contributed by atoms with Crippen LogP contribution in [0.5, 0.6) is 0 Å². The molecule has 0 saturated heterocycles. The molecule has 0 spiro atoms. The molecule has 2 aliphatic rings. The van der Waals surface area contributed by atoms with Gasteiger partial charge in [0.2, 0.25) is 0 Å². The minimum Gasteiger partial charge on any atom is -0.394 e. The number of benzene rings is 1. The van der Waals surface area contributed by atoms with E-state index in [-0.39, 0.29) is 42.5 Å². The summed E-state index contributed by atoms with van der Waals surface area (Å²) in [7, 11) is 0. The molecule has 0 radical (unpaired) electrons. The molecule has 0 aliphatic heterocycles. The summed E-state index contributed by atoms with van der Waals surface area (Å²) in [5.74, 6) is -1.38. The number of aromatic nitrogens is 5. The number of hydrogen-bond donors (Lipinski definition) is 3. The summed E-state index contributed by atoms with van der Waals surface area (Å²) in [5, 5.41) is 43.3. The molecule has 2 aromatic heterocycles. The molecule has 1 aromatic carbocycles. The van der Waals surface area contributed by atoms with Crippen LogP contribution in [-0.4, -0.2) is 83.6 Å². The first-order valence-electron chi connectivity index (χ1n) is 12.3. The van der Waals surface area contributed by atoms with Crippen molar-refractivity contribution in [3.8, 4) is 0 Å². The Morgan fingerprint density at radius 1 is 1.21 bits per heavy atom. The maximum Gasteiger partial charge on any atom is 0.191 e. The molecule has 0 bridgehead atoms. The van der Waals surface area contributed by atoms with Gasteiger partial charge >= 0.3 is 0 Å². The van der Waals surface area contributed by atoms with Gasteiger partial charge in [-0.3, -0.25) is 0 Å². The first-order chi connectivity index (χ1) is 18.4. The molecule has 15 heteroatoms. The van der Waals surface area contributed by atoms with E-state index in [2.05, 4.69) is 25.6 Å². The Hall–Kier alpha value is -2.85. The fourth-order valence-corrected chi connectivity index (χ4v) is 5.52. The summed E-state index contributed by atoms with van der Waals surface area (Å²) in [4.78, 5) is 21.2. The highest BCUT2D eigenvalue weighted by atomic mass is 32.2. The lowest BCUT2D eigenvalue weighted by molar-refractivity contribution is -0.0629. The highest BCUT2D eigenvalue weighted by molar-refractivity contribution is 7.99. The quantitative estimate of drug-likeness (QED) is 0.139. The Labute approximate surface area is 220 Å². The Morgan fingerprint density at radius 3 is 2.74 bits per heavy atom. The minimum atomic E-state index is -1.24. The molecular formula is C23H27F2N7O5S. The molecule has 2 saturated carbocycles. The number of anilines is 1. The number of nitrogens with zero attached hydrogens (tertiary/aromatic N) is 7. The second-order valence-electron chi connectivity index (χ2n) is 9.31. The molecular weight excluding hydrogens is 524 g/mol. The monoisotopic (exact) mass is 551 g/mol. The average molecular weight is 552 g/mol. The van der Waals surface area contributed by atoms with Crippen molar-refractivity contribution >= 4 is 28.7 Å². The molecule has 2 fully saturated rings. The van der Waals surface area contributed by atoms with Crippen molar-refractivity contribution in [2.45, 2.75) is 67.7 Å². The maximum atomic E-state index is 13.8. The van der Waals surface area contributed by atoms with E-state index in [4.69, 9.17) is 9.84 Å².